The SMILES string of the molecule is COc1cc(C)c(S(=O)(=O)NC2CCOC2=O)c(C)c1C. The molecule has 1 saturated heterocycles. The number of esters is 1. The second kappa shape index (κ2) is 5.65. The topological polar surface area (TPSA) is 81.7 Å². The summed E-state index contributed by atoms with van der Waals surface area (Å²) in [6.45, 7) is 5.48. The van der Waals surface area contributed by atoms with Gasteiger partial charge in [0.2, 0.25) is 10.0 Å². The van der Waals surface area contributed by atoms with E-state index in [2.05, 4.69) is 4.72 Å². The van der Waals surface area contributed by atoms with E-state index in [1.807, 2.05) is 0 Å². The summed E-state index contributed by atoms with van der Waals surface area (Å²) in [6, 6.07) is 0.875. The van der Waals surface area contributed by atoms with Gasteiger partial charge in [-0.3, -0.25) is 4.79 Å². The summed E-state index contributed by atoms with van der Waals surface area (Å²) in [7, 11) is -2.25. The van der Waals surface area contributed by atoms with Crippen molar-refractivity contribution in [3.63, 3.8) is 0 Å². The minimum atomic E-state index is -3.79. The first-order valence-electron chi connectivity index (χ1n) is 6.61. The second-order valence-electron chi connectivity index (χ2n) is 5.10. The number of sulfonamides is 1. The van der Waals surface area contributed by atoms with Crippen LogP contribution in [-0.4, -0.2) is 34.1 Å². The lowest BCUT2D eigenvalue weighted by Crippen LogP contribution is -2.38. The Labute approximate surface area is 124 Å². The van der Waals surface area contributed by atoms with E-state index < -0.39 is 22.0 Å². The zero-order valence-corrected chi connectivity index (χ0v) is 13.3. The number of hydrogen-bond donors (Lipinski definition) is 1. The number of carbonyl (C=O) groups excluding carboxylic acids is 1. The van der Waals surface area contributed by atoms with Crippen LogP contribution in [0, 0.1) is 20.8 Å². The van der Waals surface area contributed by atoms with Gasteiger partial charge in [0, 0.05) is 6.42 Å². The first-order chi connectivity index (χ1) is 9.77. The highest BCUT2D eigenvalue weighted by Crippen LogP contribution is 2.30. The van der Waals surface area contributed by atoms with Gasteiger partial charge in [0.05, 0.1) is 18.6 Å². The van der Waals surface area contributed by atoms with Crippen molar-refractivity contribution in [1.29, 1.82) is 0 Å². The highest BCUT2D eigenvalue weighted by Gasteiger charge is 2.33. The standard InChI is InChI=1S/C14H19NO5S/c1-8-7-12(19-4)9(2)10(3)13(8)21(17,18)15-11-5-6-20-14(11)16/h7,11,15H,5-6H2,1-4H3. The van der Waals surface area contributed by atoms with Crippen molar-refractivity contribution in [3.05, 3.63) is 22.8 Å². The highest BCUT2D eigenvalue weighted by atomic mass is 32.2. The number of methoxy groups -OCH3 is 1. The van der Waals surface area contributed by atoms with Crippen molar-refractivity contribution in [1.82, 2.24) is 4.72 Å². The number of aryl methyl sites for hydroxylation is 1. The Hall–Kier alpha value is -1.60. The Kier molecular flexibility index (Phi) is 4.25. The lowest BCUT2D eigenvalue weighted by atomic mass is 10.1. The molecule has 1 aliphatic heterocycles. The van der Waals surface area contributed by atoms with Crippen LogP contribution in [0.25, 0.3) is 0 Å². The molecular weight excluding hydrogens is 294 g/mol. The van der Waals surface area contributed by atoms with Crippen LogP contribution in [0.4, 0.5) is 0 Å². The van der Waals surface area contributed by atoms with Crippen LogP contribution in [-0.2, 0) is 19.6 Å². The Morgan fingerprint density at radius 3 is 2.48 bits per heavy atom. The van der Waals surface area contributed by atoms with Crippen molar-refractivity contribution >= 4 is 16.0 Å². The Bertz CT molecular complexity index is 681. The molecule has 0 amide bonds. The fourth-order valence-electron chi connectivity index (χ4n) is 2.50. The first-order valence-corrected chi connectivity index (χ1v) is 8.10. The van der Waals surface area contributed by atoms with Gasteiger partial charge in [-0.05, 0) is 43.5 Å². The summed E-state index contributed by atoms with van der Waals surface area (Å²) in [6.07, 6.45) is 0.352. The second-order valence-corrected chi connectivity index (χ2v) is 6.76. The van der Waals surface area contributed by atoms with Crippen LogP contribution >= 0.6 is 0 Å². The number of nitrogens with one attached hydrogen (secondary N) is 1. The number of benzene rings is 1. The number of ether oxygens (including phenoxy) is 2. The molecule has 0 radical (unpaired) electrons. The summed E-state index contributed by atoms with van der Waals surface area (Å²) < 4.78 is 37.6. The quantitative estimate of drug-likeness (QED) is 0.845. The lowest BCUT2D eigenvalue weighted by Gasteiger charge is -2.17. The van der Waals surface area contributed by atoms with Crippen LogP contribution in [0.3, 0.4) is 0 Å². The molecule has 1 aliphatic rings. The van der Waals surface area contributed by atoms with E-state index in [4.69, 9.17) is 9.47 Å². The molecule has 0 spiro atoms. The third-order valence-corrected chi connectivity index (χ3v) is 5.46. The molecule has 116 valence electrons. The van der Waals surface area contributed by atoms with Crippen LogP contribution in [0.15, 0.2) is 11.0 Å². The molecule has 2 rings (SSSR count). The van der Waals surface area contributed by atoms with Gasteiger partial charge in [0.25, 0.3) is 0 Å². The lowest BCUT2D eigenvalue weighted by molar-refractivity contribution is -0.139. The predicted octanol–water partition coefficient (Wildman–Crippen LogP) is 1.21. The molecule has 21 heavy (non-hydrogen) atoms. The number of rotatable bonds is 4. The summed E-state index contributed by atoms with van der Waals surface area (Å²) in [5.41, 5.74) is 1.96. The fourth-order valence-corrected chi connectivity index (χ4v) is 4.24. The molecule has 1 aromatic carbocycles. The summed E-state index contributed by atoms with van der Waals surface area (Å²) in [4.78, 5) is 11.6. The van der Waals surface area contributed by atoms with Gasteiger partial charge in [-0.25, -0.2) is 8.42 Å². The van der Waals surface area contributed by atoms with Crippen LogP contribution in [0.5, 0.6) is 5.75 Å². The van der Waals surface area contributed by atoms with Gasteiger partial charge in [0.1, 0.15) is 11.8 Å². The van der Waals surface area contributed by atoms with Gasteiger partial charge < -0.3 is 9.47 Å². The molecule has 1 atom stereocenters. The zero-order chi connectivity index (χ0) is 15.8. The molecule has 1 heterocycles. The van der Waals surface area contributed by atoms with Crippen LogP contribution < -0.4 is 9.46 Å². The Balaban J connectivity index is 2.45. The van der Waals surface area contributed by atoms with E-state index >= 15 is 0 Å². The minimum absolute atomic E-state index is 0.195. The smallest absolute Gasteiger partial charge is 0.324 e. The van der Waals surface area contributed by atoms with Crippen molar-refractivity contribution in [2.75, 3.05) is 13.7 Å². The minimum Gasteiger partial charge on any atom is -0.496 e. The zero-order valence-electron chi connectivity index (χ0n) is 12.5. The van der Waals surface area contributed by atoms with Gasteiger partial charge >= 0.3 is 5.97 Å². The maximum atomic E-state index is 12.6. The molecule has 0 aromatic heterocycles. The van der Waals surface area contributed by atoms with E-state index in [1.54, 1.807) is 33.9 Å². The third-order valence-electron chi connectivity index (χ3n) is 3.70. The van der Waals surface area contributed by atoms with E-state index in [0.29, 0.717) is 23.3 Å². The molecule has 0 bridgehead atoms. The molecule has 0 aliphatic carbocycles. The van der Waals surface area contributed by atoms with Gasteiger partial charge in [0.15, 0.2) is 0 Å². The van der Waals surface area contributed by atoms with Crippen LogP contribution in [0.1, 0.15) is 23.1 Å². The van der Waals surface area contributed by atoms with Crippen molar-refractivity contribution in [3.8, 4) is 5.75 Å². The molecular formula is C14H19NO5S. The summed E-state index contributed by atoms with van der Waals surface area (Å²) in [5.74, 6) is 0.114. The molecule has 1 unspecified atom stereocenters. The van der Waals surface area contributed by atoms with Crippen molar-refractivity contribution in [2.24, 2.45) is 0 Å². The number of hydrogen-bond acceptors (Lipinski definition) is 5. The molecule has 1 N–H and O–H groups in total. The Morgan fingerprint density at radius 2 is 1.95 bits per heavy atom. The largest absolute Gasteiger partial charge is 0.496 e. The molecule has 7 heteroatoms. The number of carbonyl (C=O) groups is 1. The van der Waals surface area contributed by atoms with E-state index in [-0.39, 0.29) is 11.5 Å². The maximum Gasteiger partial charge on any atom is 0.324 e. The monoisotopic (exact) mass is 313 g/mol. The van der Waals surface area contributed by atoms with Crippen LogP contribution in [0.2, 0.25) is 0 Å². The van der Waals surface area contributed by atoms with Gasteiger partial charge in [-0.15, -0.1) is 0 Å². The van der Waals surface area contributed by atoms with E-state index in [1.165, 1.54) is 0 Å². The summed E-state index contributed by atoms with van der Waals surface area (Å²) in [5, 5.41) is 0. The van der Waals surface area contributed by atoms with E-state index in [9.17, 15) is 13.2 Å². The normalized spacial score (nSPS) is 18.7. The highest BCUT2D eigenvalue weighted by molar-refractivity contribution is 7.89. The van der Waals surface area contributed by atoms with Gasteiger partial charge in [-0.2, -0.15) is 4.72 Å². The Morgan fingerprint density at radius 1 is 1.29 bits per heavy atom. The first kappa shape index (κ1) is 15.8. The molecule has 1 aromatic rings. The van der Waals surface area contributed by atoms with Crippen molar-refractivity contribution < 1.29 is 22.7 Å². The summed E-state index contributed by atoms with van der Waals surface area (Å²) >= 11 is 0. The van der Waals surface area contributed by atoms with Gasteiger partial charge in [-0.1, -0.05) is 0 Å². The maximum absolute atomic E-state index is 12.6. The molecule has 1 fully saturated rings. The van der Waals surface area contributed by atoms with Crippen molar-refractivity contribution in [2.45, 2.75) is 38.1 Å². The average molecular weight is 313 g/mol. The third kappa shape index (κ3) is 2.89. The van der Waals surface area contributed by atoms with E-state index in [0.717, 1.165) is 5.56 Å². The fraction of sp³-hybridized carbons (Fsp3) is 0.500. The number of cyclic esters (lactones) is 1. The molecule has 0 saturated carbocycles. The predicted molar refractivity (Wildman–Crippen MR) is 76.9 cm³/mol. The molecule has 6 nitrogen and oxygen atoms in total. The average Bonchev–Trinajstić information content (AvgIpc) is 2.78.